The summed E-state index contributed by atoms with van der Waals surface area (Å²) in [6.45, 7) is 7.61. The fourth-order valence-electron chi connectivity index (χ4n) is 1.52. The molecule has 0 aliphatic heterocycles. The van der Waals surface area contributed by atoms with E-state index < -0.39 is 0 Å². The molecule has 4 nitrogen and oxygen atoms in total. The second-order valence-corrected chi connectivity index (χ2v) is 3.80. The van der Waals surface area contributed by atoms with Gasteiger partial charge in [0.1, 0.15) is 0 Å². The van der Waals surface area contributed by atoms with Crippen LogP contribution in [-0.4, -0.2) is 22.4 Å². The molecule has 0 aliphatic rings. The van der Waals surface area contributed by atoms with Crippen molar-refractivity contribution in [1.82, 2.24) is 9.97 Å². The van der Waals surface area contributed by atoms with Gasteiger partial charge in [0, 0.05) is 31.3 Å². The Morgan fingerprint density at radius 1 is 1.35 bits per heavy atom. The third-order valence-corrected chi connectivity index (χ3v) is 2.23. The highest BCUT2D eigenvalue weighted by Gasteiger charge is 2.14. The molecule has 0 saturated heterocycles. The number of carbonyl (C=O) groups is 1. The van der Waals surface area contributed by atoms with E-state index in [4.69, 9.17) is 0 Å². The molecule has 1 aromatic rings. The first kappa shape index (κ1) is 13.2. The van der Waals surface area contributed by atoms with Gasteiger partial charge in [-0.25, -0.2) is 9.97 Å². The molecule has 0 saturated carbocycles. The molecule has 90 valence electrons. The van der Waals surface area contributed by atoms with Gasteiger partial charge in [0.05, 0.1) is 0 Å². The largest absolute Gasteiger partial charge is 0.280 e. The molecule has 0 fully saturated rings. The summed E-state index contributed by atoms with van der Waals surface area (Å²) < 4.78 is 0. The molecule has 0 radical (unpaired) electrons. The molecule has 0 aromatic carbocycles. The number of aromatic nitrogens is 2. The number of amides is 1. The van der Waals surface area contributed by atoms with Crippen LogP contribution in [0.25, 0.3) is 0 Å². The Hall–Kier alpha value is -1.89. The van der Waals surface area contributed by atoms with E-state index in [0.717, 1.165) is 11.4 Å². The summed E-state index contributed by atoms with van der Waals surface area (Å²) in [5, 5.41) is 0. The minimum Gasteiger partial charge on any atom is -0.280 e. The van der Waals surface area contributed by atoms with E-state index in [1.165, 1.54) is 6.92 Å². The summed E-state index contributed by atoms with van der Waals surface area (Å²) in [6.07, 6.45) is 0.631. The van der Waals surface area contributed by atoms with Crippen molar-refractivity contribution in [3.63, 3.8) is 0 Å². The maximum atomic E-state index is 11.6. The van der Waals surface area contributed by atoms with Gasteiger partial charge in [-0.1, -0.05) is 0 Å². The van der Waals surface area contributed by atoms with Gasteiger partial charge in [-0.15, -0.1) is 11.8 Å². The van der Waals surface area contributed by atoms with Crippen LogP contribution < -0.4 is 4.90 Å². The average Bonchev–Trinajstić information content (AvgIpc) is 2.22. The predicted molar refractivity (Wildman–Crippen MR) is 67.6 cm³/mol. The zero-order chi connectivity index (χ0) is 12.8. The van der Waals surface area contributed by atoms with Crippen molar-refractivity contribution >= 4 is 11.9 Å². The van der Waals surface area contributed by atoms with Crippen LogP contribution in [-0.2, 0) is 4.79 Å². The average molecular weight is 231 g/mol. The van der Waals surface area contributed by atoms with Crippen molar-refractivity contribution < 1.29 is 4.79 Å². The molecule has 1 rings (SSSR count). The fourth-order valence-corrected chi connectivity index (χ4v) is 1.52. The van der Waals surface area contributed by atoms with Crippen LogP contribution >= 0.6 is 0 Å². The molecule has 0 unspecified atom stereocenters. The molecule has 0 N–H and O–H groups in total. The lowest BCUT2D eigenvalue weighted by atomic mass is 10.3. The van der Waals surface area contributed by atoms with Crippen molar-refractivity contribution in [2.75, 3.05) is 11.4 Å². The zero-order valence-corrected chi connectivity index (χ0v) is 10.7. The van der Waals surface area contributed by atoms with Crippen LogP contribution in [0.15, 0.2) is 6.07 Å². The first-order chi connectivity index (χ1) is 8.04. The van der Waals surface area contributed by atoms with E-state index in [2.05, 4.69) is 21.8 Å². The van der Waals surface area contributed by atoms with E-state index in [-0.39, 0.29) is 5.91 Å². The number of carbonyl (C=O) groups excluding carboxylic acids is 1. The van der Waals surface area contributed by atoms with E-state index in [1.807, 2.05) is 19.9 Å². The van der Waals surface area contributed by atoms with Crippen molar-refractivity contribution in [1.29, 1.82) is 0 Å². The lowest BCUT2D eigenvalue weighted by Gasteiger charge is -2.18. The topological polar surface area (TPSA) is 46.1 Å². The minimum atomic E-state index is -0.0621. The van der Waals surface area contributed by atoms with Gasteiger partial charge in [-0.3, -0.25) is 9.69 Å². The van der Waals surface area contributed by atoms with Crippen molar-refractivity contribution in [2.45, 2.75) is 34.1 Å². The standard InChI is InChI=1S/C13H17N3O/c1-5-6-7-8-16(12(4)17)13-14-10(2)9-11(3)15-13/h9H,7-8H2,1-4H3. The molecule has 17 heavy (non-hydrogen) atoms. The Balaban J connectivity index is 2.95. The lowest BCUT2D eigenvalue weighted by molar-refractivity contribution is -0.116. The number of hydrogen-bond acceptors (Lipinski definition) is 3. The Morgan fingerprint density at radius 3 is 2.41 bits per heavy atom. The van der Waals surface area contributed by atoms with Gasteiger partial charge < -0.3 is 0 Å². The monoisotopic (exact) mass is 231 g/mol. The van der Waals surface area contributed by atoms with Gasteiger partial charge in [0.2, 0.25) is 11.9 Å². The molecular formula is C13H17N3O. The van der Waals surface area contributed by atoms with Gasteiger partial charge in [0.15, 0.2) is 0 Å². The highest BCUT2D eigenvalue weighted by molar-refractivity contribution is 5.89. The Labute approximate surface area is 102 Å². The molecular weight excluding hydrogens is 214 g/mol. The second-order valence-electron chi connectivity index (χ2n) is 3.80. The van der Waals surface area contributed by atoms with Crippen LogP contribution in [0, 0.1) is 25.7 Å². The summed E-state index contributed by atoms with van der Waals surface area (Å²) in [5.74, 6) is 6.14. The van der Waals surface area contributed by atoms with Crippen LogP contribution in [0.5, 0.6) is 0 Å². The second kappa shape index (κ2) is 6.00. The quantitative estimate of drug-likeness (QED) is 0.746. The number of nitrogens with zero attached hydrogens (tertiary/aromatic N) is 3. The Kier molecular flexibility index (Phi) is 4.65. The number of rotatable bonds is 3. The van der Waals surface area contributed by atoms with Crippen molar-refractivity contribution in [2.24, 2.45) is 0 Å². The lowest BCUT2D eigenvalue weighted by Crippen LogP contribution is -2.31. The van der Waals surface area contributed by atoms with Crippen LogP contribution in [0.4, 0.5) is 5.95 Å². The van der Waals surface area contributed by atoms with E-state index in [1.54, 1.807) is 11.8 Å². The van der Waals surface area contributed by atoms with Crippen LogP contribution in [0.3, 0.4) is 0 Å². The number of aryl methyl sites for hydroxylation is 2. The first-order valence-electron chi connectivity index (χ1n) is 5.54. The van der Waals surface area contributed by atoms with E-state index in [0.29, 0.717) is 18.9 Å². The predicted octanol–water partition coefficient (Wildman–Crippen LogP) is 1.86. The van der Waals surface area contributed by atoms with Gasteiger partial charge >= 0.3 is 0 Å². The molecule has 4 heteroatoms. The molecule has 0 spiro atoms. The molecule has 0 bridgehead atoms. The Morgan fingerprint density at radius 2 is 1.94 bits per heavy atom. The van der Waals surface area contributed by atoms with Crippen LogP contribution in [0.2, 0.25) is 0 Å². The maximum Gasteiger partial charge on any atom is 0.232 e. The number of hydrogen-bond donors (Lipinski definition) is 0. The van der Waals surface area contributed by atoms with E-state index in [9.17, 15) is 4.79 Å². The summed E-state index contributed by atoms with van der Waals surface area (Å²) in [5.41, 5.74) is 1.72. The molecule has 0 aliphatic carbocycles. The highest BCUT2D eigenvalue weighted by Crippen LogP contribution is 2.10. The summed E-state index contributed by atoms with van der Waals surface area (Å²) in [7, 11) is 0. The van der Waals surface area contributed by atoms with Crippen molar-refractivity contribution in [3.8, 4) is 11.8 Å². The molecule has 1 amide bonds. The van der Waals surface area contributed by atoms with Gasteiger partial charge in [-0.2, -0.15) is 0 Å². The summed E-state index contributed by atoms with van der Waals surface area (Å²) >= 11 is 0. The van der Waals surface area contributed by atoms with Gasteiger partial charge in [0.25, 0.3) is 0 Å². The maximum absolute atomic E-state index is 11.6. The minimum absolute atomic E-state index is 0.0621. The van der Waals surface area contributed by atoms with E-state index >= 15 is 0 Å². The smallest absolute Gasteiger partial charge is 0.232 e. The third kappa shape index (κ3) is 3.87. The zero-order valence-electron chi connectivity index (χ0n) is 10.7. The van der Waals surface area contributed by atoms with Gasteiger partial charge in [-0.05, 0) is 26.8 Å². The molecule has 0 atom stereocenters. The third-order valence-electron chi connectivity index (χ3n) is 2.23. The Bertz CT molecular complexity index is 451. The normalized spacial score (nSPS) is 9.41. The summed E-state index contributed by atoms with van der Waals surface area (Å²) in [6, 6.07) is 1.88. The molecule has 1 heterocycles. The van der Waals surface area contributed by atoms with Crippen LogP contribution in [0.1, 0.15) is 31.7 Å². The SMILES string of the molecule is CC#CCCN(C(C)=O)c1nc(C)cc(C)n1. The number of anilines is 1. The highest BCUT2D eigenvalue weighted by atomic mass is 16.2. The first-order valence-corrected chi connectivity index (χ1v) is 5.54. The molecule has 1 aromatic heterocycles. The fraction of sp³-hybridized carbons (Fsp3) is 0.462. The summed E-state index contributed by atoms with van der Waals surface area (Å²) in [4.78, 5) is 21.7. The van der Waals surface area contributed by atoms with Crippen molar-refractivity contribution in [3.05, 3.63) is 17.5 Å².